The number of aromatic nitrogens is 3. The van der Waals surface area contributed by atoms with Gasteiger partial charge in [0.25, 0.3) is 5.56 Å². The monoisotopic (exact) mass is 436 g/mol. The van der Waals surface area contributed by atoms with Gasteiger partial charge in [-0.05, 0) is 50.1 Å². The molecule has 0 amide bonds. The molecule has 0 aliphatic carbocycles. The van der Waals surface area contributed by atoms with Crippen LogP contribution in [0.3, 0.4) is 0 Å². The molecule has 0 radical (unpaired) electrons. The van der Waals surface area contributed by atoms with Crippen LogP contribution >= 0.6 is 0 Å². The van der Waals surface area contributed by atoms with Crippen molar-refractivity contribution in [1.82, 2.24) is 14.0 Å². The molecule has 0 bridgehead atoms. The lowest BCUT2D eigenvalue weighted by atomic mass is 10.2. The number of rotatable bonds is 5. The number of benzene rings is 1. The Kier molecular flexibility index (Phi) is 5.26. The van der Waals surface area contributed by atoms with Gasteiger partial charge in [0.2, 0.25) is 9.84 Å². The van der Waals surface area contributed by atoms with Gasteiger partial charge < -0.3 is 4.57 Å². The Balaban J connectivity index is 2.12. The van der Waals surface area contributed by atoms with Crippen LogP contribution in [0, 0.1) is 19.3 Å². The molecule has 3 aromatic heterocycles. The molecule has 0 spiro atoms. The van der Waals surface area contributed by atoms with Crippen LogP contribution in [0.4, 0.5) is 0 Å². The molecule has 3 heterocycles. The van der Waals surface area contributed by atoms with Crippen LogP contribution in [0.15, 0.2) is 63.2 Å². The zero-order valence-electron chi connectivity index (χ0n) is 17.7. The zero-order chi connectivity index (χ0) is 22.3. The molecule has 0 unspecified atom stereocenters. The summed E-state index contributed by atoms with van der Waals surface area (Å²) in [5.74, 6) is 0. The Morgan fingerprint density at radius 3 is 2.45 bits per heavy atom. The van der Waals surface area contributed by atoms with E-state index < -0.39 is 9.84 Å². The highest BCUT2D eigenvalue weighted by atomic mass is 32.2. The summed E-state index contributed by atoms with van der Waals surface area (Å²) >= 11 is 0. The fourth-order valence-corrected chi connectivity index (χ4v) is 5.04. The van der Waals surface area contributed by atoms with Crippen LogP contribution in [0.1, 0.15) is 30.9 Å². The Bertz CT molecular complexity index is 1530. The van der Waals surface area contributed by atoms with Gasteiger partial charge in [0.15, 0.2) is 0 Å². The minimum absolute atomic E-state index is 0.0951. The van der Waals surface area contributed by atoms with Crippen LogP contribution < -0.4 is 11.0 Å². The number of nitrogens with one attached hydrogen (secondary N) is 1. The maximum Gasteiger partial charge on any atom is 0.267 e. The largest absolute Gasteiger partial charge is 0.310 e. The predicted octanol–water partition coefficient (Wildman–Crippen LogP) is 3.38. The van der Waals surface area contributed by atoms with E-state index in [9.17, 15) is 13.2 Å². The second-order valence-corrected chi connectivity index (χ2v) is 9.64. The summed E-state index contributed by atoms with van der Waals surface area (Å²) in [6.07, 6.45) is 3.21. The van der Waals surface area contributed by atoms with Crippen LogP contribution in [0.2, 0.25) is 0 Å². The average molecular weight is 437 g/mol. The third kappa shape index (κ3) is 3.46. The van der Waals surface area contributed by atoms with Crippen molar-refractivity contribution in [2.24, 2.45) is 0 Å². The number of pyridine rings is 2. The van der Waals surface area contributed by atoms with E-state index in [1.54, 1.807) is 29.0 Å². The van der Waals surface area contributed by atoms with Gasteiger partial charge in [0, 0.05) is 12.7 Å². The summed E-state index contributed by atoms with van der Waals surface area (Å²) in [6, 6.07) is 11.4. The van der Waals surface area contributed by atoms with Gasteiger partial charge in [-0.15, -0.1) is 0 Å². The number of unbranched alkanes of at least 4 members (excludes halogenated alkanes) is 1. The van der Waals surface area contributed by atoms with Crippen molar-refractivity contribution in [1.29, 1.82) is 5.41 Å². The van der Waals surface area contributed by atoms with Crippen LogP contribution in [-0.2, 0) is 16.4 Å². The molecule has 0 fully saturated rings. The lowest BCUT2D eigenvalue weighted by Crippen LogP contribution is -2.30. The van der Waals surface area contributed by atoms with Crippen molar-refractivity contribution in [2.75, 3.05) is 0 Å². The molecule has 7 nitrogen and oxygen atoms in total. The topological polar surface area (TPSA) is 97.3 Å². The number of hydrogen-bond donors (Lipinski definition) is 1. The lowest BCUT2D eigenvalue weighted by Gasteiger charge is -2.15. The quantitative estimate of drug-likeness (QED) is 0.485. The average Bonchev–Trinajstić information content (AvgIpc) is 2.74. The molecule has 1 aromatic carbocycles. The summed E-state index contributed by atoms with van der Waals surface area (Å²) in [4.78, 5) is 17.9. The third-order valence-corrected chi connectivity index (χ3v) is 7.24. The van der Waals surface area contributed by atoms with E-state index in [1.807, 2.05) is 26.8 Å². The van der Waals surface area contributed by atoms with Gasteiger partial charge >= 0.3 is 0 Å². The standard InChI is InChI=1S/C23H24N4O3S/c1-4-5-12-26-20(24)19(31(29,30)17-10-8-15(2)9-11-17)14-18-22(26)25-21-16(3)7-6-13-27(21)23(18)28/h6-11,13-14,24H,4-5,12H2,1-3H3. The molecule has 4 rings (SSSR count). The third-order valence-electron chi connectivity index (χ3n) is 5.45. The van der Waals surface area contributed by atoms with E-state index in [0.29, 0.717) is 17.8 Å². The summed E-state index contributed by atoms with van der Waals surface area (Å²) in [7, 11) is -3.99. The van der Waals surface area contributed by atoms with Gasteiger partial charge in [-0.25, -0.2) is 13.4 Å². The van der Waals surface area contributed by atoms with Gasteiger partial charge in [-0.2, -0.15) is 0 Å². The van der Waals surface area contributed by atoms with E-state index in [-0.39, 0.29) is 26.2 Å². The minimum atomic E-state index is -3.99. The van der Waals surface area contributed by atoms with E-state index in [2.05, 4.69) is 4.98 Å². The molecule has 1 N–H and O–H groups in total. The maximum absolute atomic E-state index is 13.4. The van der Waals surface area contributed by atoms with Crippen molar-refractivity contribution in [3.63, 3.8) is 0 Å². The van der Waals surface area contributed by atoms with Crippen molar-refractivity contribution in [2.45, 2.75) is 49.9 Å². The minimum Gasteiger partial charge on any atom is -0.310 e. The SMILES string of the molecule is CCCCn1c(=N)c(S(=O)(=O)c2ccc(C)cc2)cc2c(=O)n3cccc(C)c3nc21. The molecule has 160 valence electrons. The Labute approximate surface area is 180 Å². The number of sulfone groups is 1. The van der Waals surface area contributed by atoms with E-state index in [1.165, 1.54) is 22.6 Å². The molecule has 0 aliphatic rings. The van der Waals surface area contributed by atoms with E-state index >= 15 is 0 Å². The van der Waals surface area contributed by atoms with Crippen LogP contribution in [0.25, 0.3) is 16.7 Å². The van der Waals surface area contributed by atoms with Crippen molar-refractivity contribution < 1.29 is 8.42 Å². The Hall–Kier alpha value is -3.26. The summed E-state index contributed by atoms with van der Waals surface area (Å²) < 4.78 is 29.8. The first-order valence-corrected chi connectivity index (χ1v) is 11.7. The first-order valence-electron chi connectivity index (χ1n) is 10.2. The summed E-state index contributed by atoms with van der Waals surface area (Å²) in [5.41, 5.74) is 2.08. The smallest absolute Gasteiger partial charge is 0.267 e. The number of hydrogen-bond acceptors (Lipinski definition) is 5. The lowest BCUT2D eigenvalue weighted by molar-refractivity contribution is 0.580. The summed E-state index contributed by atoms with van der Waals surface area (Å²) in [6.45, 7) is 6.15. The highest BCUT2D eigenvalue weighted by Crippen LogP contribution is 2.21. The number of nitrogens with zero attached hydrogens (tertiary/aromatic N) is 3. The van der Waals surface area contributed by atoms with Gasteiger partial charge in [0.05, 0.1) is 10.3 Å². The molecular weight excluding hydrogens is 412 g/mol. The first-order chi connectivity index (χ1) is 14.8. The molecule has 4 aromatic rings. The predicted molar refractivity (Wildman–Crippen MR) is 119 cm³/mol. The number of fused-ring (bicyclic) bond motifs is 2. The normalized spacial score (nSPS) is 12.0. The van der Waals surface area contributed by atoms with Crippen molar-refractivity contribution in [3.05, 3.63) is 75.6 Å². The molecule has 0 saturated heterocycles. The highest BCUT2D eigenvalue weighted by Gasteiger charge is 2.24. The van der Waals surface area contributed by atoms with E-state index in [4.69, 9.17) is 5.41 Å². The maximum atomic E-state index is 13.4. The summed E-state index contributed by atoms with van der Waals surface area (Å²) in [5, 5.41) is 8.90. The number of aryl methyl sites for hydroxylation is 3. The Morgan fingerprint density at radius 2 is 1.77 bits per heavy atom. The second kappa shape index (κ2) is 7.77. The Morgan fingerprint density at radius 1 is 1.06 bits per heavy atom. The molecule has 0 atom stereocenters. The molecule has 31 heavy (non-hydrogen) atoms. The van der Waals surface area contributed by atoms with Gasteiger partial charge in [-0.1, -0.05) is 37.1 Å². The highest BCUT2D eigenvalue weighted by molar-refractivity contribution is 7.91. The first kappa shape index (κ1) is 21.0. The van der Waals surface area contributed by atoms with Crippen LogP contribution in [-0.4, -0.2) is 22.4 Å². The van der Waals surface area contributed by atoms with Crippen molar-refractivity contribution in [3.8, 4) is 0 Å². The molecule has 8 heteroatoms. The van der Waals surface area contributed by atoms with Crippen molar-refractivity contribution >= 4 is 26.5 Å². The van der Waals surface area contributed by atoms with Gasteiger partial charge in [-0.3, -0.25) is 14.6 Å². The zero-order valence-corrected chi connectivity index (χ0v) is 18.5. The van der Waals surface area contributed by atoms with Gasteiger partial charge in [0.1, 0.15) is 21.7 Å². The fraction of sp³-hybridized carbons (Fsp3) is 0.261. The molecule has 0 saturated carbocycles. The molecule has 0 aliphatic heterocycles. The van der Waals surface area contributed by atoms with Crippen LogP contribution in [0.5, 0.6) is 0 Å². The fourth-order valence-electron chi connectivity index (χ4n) is 3.65. The molecular formula is C23H24N4O3S. The second-order valence-electron chi connectivity index (χ2n) is 7.72. The van der Waals surface area contributed by atoms with E-state index in [0.717, 1.165) is 24.0 Å².